The summed E-state index contributed by atoms with van der Waals surface area (Å²) in [6, 6.07) is 0.0891. The van der Waals surface area contributed by atoms with Crippen LogP contribution in [0.1, 0.15) is 26.2 Å². The number of rotatable bonds is 4. The number of nitrogens with zero attached hydrogens (tertiary/aromatic N) is 1. The summed E-state index contributed by atoms with van der Waals surface area (Å²) in [4.78, 5) is 0. The molecule has 0 aromatic heterocycles. The summed E-state index contributed by atoms with van der Waals surface area (Å²) < 4.78 is 24.0. The molecule has 1 saturated heterocycles. The third kappa shape index (κ3) is 3.20. The second-order valence-corrected chi connectivity index (χ2v) is 5.14. The van der Waals surface area contributed by atoms with Crippen molar-refractivity contribution in [1.82, 2.24) is 9.62 Å². The largest absolute Gasteiger partial charge is 0.317 e. The molecule has 0 aliphatic carbocycles. The van der Waals surface area contributed by atoms with Crippen molar-refractivity contribution in [3.05, 3.63) is 0 Å². The van der Waals surface area contributed by atoms with Gasteiger partial charge in [0.15, 0.2) is 0 Å². The molecular weight excluding hydrogens is 202 g/mol. The van der Waals surface area contributed by atoms with Gasteiger partial charge in [-0.3, -0.25) is 0 Å². The Morgan fingerprint density at radius 3 is 2.43 bits per heavy atom. The normalized spacial score (nSPS) is 20.2. The Morgan fingerprint density at radius 1 is 1.43 bits per heavy atom. The van der Waals surface area contributed by atoms with E-state index in [4.69, 9.17) is 5.14 Å². The molecule has 0 bridgehead atoms. The van der Waals surface area contributed by atoms with Crippen LogP contribution >= 0.6 is 0 Å². The Labute approximate surface area is 85.8 Å². The Hall–Kier alpha value is -0.170. The van der Waals surface area contributed by atoms with Gasteiger partial charge in [-0.25, -0.2) is 5.14 Å². The number of hydrogen-bond donors (Lipinski definition) is 2. The molecule has 0 saturated carbocycles. The molecule has 0 radical (unpaired) electrons. The van der Waals surface area contributed by atoms with Crippen LogP contribution in [0, 0.1) is 0 Å². The SMILES string of the molecule is CCCN(C1CCNCC1)S(N)(=O)=O. The van der Waals surface area contributed by atoms with Crippen molar-refractivity contribution in [2.45, 2.75) is 32.2 Å². The van der Waals surface area contributed by atoms with Gasteiger partial charge in [0.25, 0.3) is 10.2 Å². The summed E-state index contributed by atoms with van der Waals surface area (Å²) in [6.45, 7) is 4.24. The topological polar surface area (TPSA) is 75.4 Å². The van der Waals surface area contributed by atoms with Gasteiger partial charge in [0.2, 0.25) is 0 Å². The van der Waals surface area contributed by atoms with Crippen molar-refractivity contribution in [2.24, 2.45) is 5.14 Å². The first-order chi connectivity index (χ1) is 6.55. The zero-order chi connectivity index (χ0) is 10.6. The summed E-state index contributed by atoms with van der Waals surface area (Å²) in [5.41, 5.74) is 0. The first-order valence-corrected chi connectivity index (χ1v) is 6.56. The van der Waals surface area contributed by atoms with E-state index in [-0.39, 0.29) is 6.04 Å². The molecule has 0 aromatic carbocycles. The zero-order valence-electron chi connectivity index (χ0n) is 8.57. The van der Waals surface area contributed by atoms with E-state index in [2.05, 4.69) is 5.32 Å². The number of nitrogens with one attached hydrogen (secondary N) is 1. The molecule has 0 aromatic rings. The molecule has 1 heterocycles. The van der Waals surface area contributed by atoms with Gasteiger partial charge in [-0.1, -0.05) is 6.92 Å². The van der Waals surface area contributed by atoms with E-state index >= 15 is 0 Å². The Morgan fingerprint density at radius 2 is 2.00 bits per heavy atom. The van der Waals surface area contributed by atoms with Crippen LogP contribution in [0.2, 0.25) is 0 Å². The Kier molecular flexibility index (Phi) is 4.31. The molecule has 0 unspecified atom stereocenters. The standard InChI is InChI=1S/C8H19N3O2S/c1-2-7-11(14(9,12)13)8-3-5-10-6-4-8/h8,10H,2-7H2,1H3,(H2,9,12,13). The van der Waals surface area contributed by atoms with Crippen LogP contribution in [-0.4, -0.2) is 38.4 Å². The van der Waals surface area contributed by atoms with E-state index in [0.717, 1.165) is 32.4 Å². The van der Waals surface area contributed by atoms with Gasteiger partial charge >= 0.3 is 0 Å². The maximum atomic E-state index is 11.3. The van der Waals surface area contributed by atoms with E-state index in [1.54, 1.807) is 0 Å². The van der Waals surface area contributed by atoms with Crippen molar-refractivity contribution in [3.63, 3.8) is 0 Å². The fraction of sp³-hybridized carbons (Fsp3) is 1.00. The molecule has 3 N–H and O–H groups in total. The molecule has 6 heteroatoms. The van der Waals surface area contributed by atoms with Crippen LogP contribution in [0.5, 0.6) is 0 Å². The lowest BCUT2D eigenvalue weighted by molar-refractivity contribution is 0.262. The first-order valence-electron chi connectivity index (χ1n) is 5.06. The lowest BCUT2D eigenvalue weighted by atomic mass is 10.1. The fourth-order valence-corrected chi connectivity index (χ4v) is 2.90. The molecule has 1 aliphatic rings. The van der Waals surface area contributed by atoms with Crippen molar-refractivity contribution in [3.8, 4) is 0 Å². The van der Waals surface area contributed by atoms with Crippen molar-refractivity contribution >= 4 is 10.2 Å². The van der Waals surface area contributed by atoms with Crippen LogP contribution in [0.4, 0.5) is 0 Å². The Bertz CT molecular complexity index is 260. The van der Waals surface area contributed by atoms with E-state index in [0.29, 0.717) is 6.54 Å². The van der Waals surface area contributed by atoms with Crippen LogP contribution in [-0.2, 0) is 10.2 Å². The molecule has 0 amide bonds. The third-order valence-electron chi connectivity index (χ3n) is 2.49. The molecule has 14 heavy (non-hydrogen) atoms. The lowest BCUT2D eigenvalue weighted by Crippen LogP contribution is -2.48. The van der Waals surface area contributed by atoms with E-state index in [9.17, 15) is 8.42 Å². The highest BCUT2D eigenvalue weighted by Gasteiger charge is 2.27. The van der Waals surface area contributed by atoms with Crippen molar-refractivity contribution < 1.29 is 8.42 Å². The van der Waals surface area contributed by atoms with Gasteiger partial charge in [0, 0.05) is 12.6 Å². The fourth-order valence-electron chi connectivity index (χ4n) is 1.83. The average Bonchev–Trinajstić information content (AvgIpc) is 2.14. The summed E-state index contributed by atoms with van der Waals surface area (Å²) >= 11 is 0. The van der Waals surface area contributed by atoms with Crippen LogP contribution in [0.3, 0.4) is 0 Å². The number of hydrogen-bond acceptors (Lipinski definition) is 3. The molecule has 1 aliphatic heterocycles. The minimum absolute atomic E-state index is 0.0891. The van der Waals surface area contributed by atoms with Crippen LogP contribution < -0.4 is 10.5 Å². The van der Waals surface area contributed by atoms with E-state index in [1.165, 1.54) is 4.31 Å². The highest BCUT2D eigenvalue weighted by Crippen LogP contribution is 2.14. The van der Waals surface area contributed by atoms with E-state index in [1.807, 2.05) is 6.92 Å². The monoisotopic (exact) mass is 221 g/mol. The number of nitrogens with two attached hydrogens (primary N) is 1. The van der Waals surface area contributed by atoms with Gasteiger partial charge in [0.1, 0.15) is 0 Å². The summed E-state index contributed by atoms with van der Waals surface area (Å²) in [5.74, 6) is 0. The molecule has 0 spiro atoms. The molecule has 1 fully saturated rings. The summed E-state index contributed by atoms with van der Waals surface area (Å²) in [5, 5.41) is 8.38. The van der Waals surface area contributed by atoms with Gasteiger partial charge in [-0.15, -0.1) is 0 Å². The molecular formula is C8H19N3O2S. The zero-order valence-corrected chi connectivity index (χ0v) is 9.39. The summed E-state index contributed by atoms with van der Waals surface area (Å²) in [7, 11) is -3.52. The predicted octanol–water partition coefficient (Wildman–Crippen LogP) is -0.346. The second kappa shape index (κ2) is 5.06. The van der Waals surface area contributed by atoms with Crippen molar-refractivity contribution in [2.75, 3.05) is 19.6 Å². The van der Waals surface area contributed by atoms with Crippen LogP contribution in [0.25, 0.3) is 0 Å². The van der Waals surface area contributed by atoms with Gasteiger partial charge < -0.3 is 5.32 Å². The first kappa shape index (κ1) is 11.9. The molecule has 0 atom stereocenters. The molecule has 1 rings (SSSR count). The number of piperidine rings is 1. The highest BCUT2D eigenvalue weighted by molar-refractivity contribution is 7.86. The quantitative estimate of drug-likeness (QED) is 0.681. The minimum atomic E-state index is -3.52. The van der Waals surface area contributed by atoms with E-state index < -0.39 is 10.2 Å². The third-order valence-corrected chi connectivity index (χ3v) is 3.62. The van der Waals surface area contributed by atoms with Gasteiger partial charge in [-0.2, -0.15) is 12.7 Å². The van der Waals surface area contributed by atoms with Crippen molar-refractivity contribution in [1.29, 1.82) is 0 Å². The minimum Gasteiger partial charge on any atom is -0.317 e. The Balaban J connectivity index is 2.66. The molecule has 5 nitrogen and oxygen atoms in total. The predicted molar refractivity (Wildman–Crippen MR) is 56.0 cm³/mol. The average molecular weight is 221 g/mol. The van der Waals surface area contributed by atoms with Gasteiger partial charge in [-0.05, 0) is 32.4 Å². The van der Waals surface area contributed by atoms with Gasteiger partial charge in [0.05, 0.1) is 0 Å². The maximum absolute atomic E-state index is 11.3. The second-order valence-electron chi connectivity index (χ2n) is 3.64. The molecule has 84 valence electrons. The smallest absolute Gasteiger partial charge is 0.277 e. The van der Waals surface area contributed by atoms with Crippen LogP contribution in [0.15, 0.2) is 0 Å². The maximum Gasteiger partial charge on any atom is 0.277 e. The lowest BCUT2D eigenvalue weighted by Gasteiger charge is -2.32. The highest BCUT2D eigenvalue weighted by atomic mass is 32.2. The summed E-state index contributed by atoms with van der Waals surface area (Å²) in [6.07, 6.45) is 2.52.